The maximum atomic E-state index is 13.1. The first kappa shape index (κ1) is 23.9. The largest absolute Gasteiger partial charge is 0.497 e. The zero-order chi connectivity index (χ0) is 24.1. The quantitative estimate of drug-likeness (QED) is 0.510. The van der Waals surface area contributed by atoms with Crippen molar-refractivity contribution in [2.45, 2.75) is 17.1 Å². The molecular formula is C24H25N3O5S2. The number of methoxy groups -OCH3 is 1. The summed E-state index contributed by atoms with van der Waals surface area (Å²) in [7, 11) is -2.08. The van der Waals surface area contributed by atoms with Crippen molar-refractivity contribution in [3.63, 3.8) is 0 Å². The number of hydrogen-bond acceptors (Lipinski definition) is 6. The zero-order valence-corrected chi connectivity index (χ0v) is 20.2. The third-order valence-corrected chi connectivity index (χ3v) is 8.84. The second-order valence-corrected chi connectivity index (χ2v) is 11.0. The van der Waals surface area contributed by atoms with Gasteiger partial charge in [0.15, 0.2) is 0 Å². The molecule has 0 aliphatic carbocycles. The molecule has 178 valence electrons. The number of carbonyl (C=O) groups is 2. The van der Waals surface area contributed by atoms with Gasteiger partial charge in [0.05, 0.1) is 24.3 Å². The highest BCUT2D eigenvalue weighted by molar-refractivity contribution is 7.91. The number of rotatable bonds is 7. The minimum atomic E-state index is -3.62. The van der Waals surface area contributed by atoms with Crippen molar-refractivity contribution < 1.29 is 22.7 Å². The highest BCUT2D eigenvalue weighted by atomic mass is 32.2. The van der Waals surface area contributed by atoms with Crippen LogP contribution in [0, 0.1) is 5.92 Å². The van der Waals surface area contributed by atoms with Crippen LogP contribution in [0.4, 0.5) is 11.4 Å². The molecule has 8 nitrogen and oxygen atoms in total. The lowest BCUT2D eigenvalue weighted by Crippen LogP contribution is -2.43. The van der Waals surface area contributed by atoms with E-state index in [1.165, 1.54) is 4.31 Å². The molecule has 2 amide bonds. The van der Waals surface area contributed by atoms with Crippen molar-refractivity contribution in [2.75, 3.05) is 30.8 Å². The molecule has 0 radical (unpaired) electrons. The molecule has 0 spiro atoms. The maximum Gasteiger partial charge on any atom is 0.257 e. The lowest BCUT2D eigenvalue weighted by Gasteiger charge is -2.31. The third-order valence-electron chi connectivity index (χ3n) is 5.60. The SMILES string of the molecule is COc1cccc(NC(=O)c2ccccc2NC(=O)C2CCCN(S(=O)(=O)c3cccs3)C2)c1. The van der Waals surface area contributed by atoms with Gasteiger partial charge in [0, 0.05) is 24.8 Å². The van der Waals surface area contributed by atoms with Crippen LogP contribution in [-0.4, -0.2) is 44.7 Å². The van der Waals surface area contributed by atoms with Crippen LogP contribution in [0.15, 0.2) is 70.3 Å². The minimum absolute atomic E-state index is 0.101. The average Bonchev–Trinajstić information content (AvgIpc) is 3.40. The summed E-state index contributed by atoms with van der Waals surface area (Å²) in [6.45, 7) is 0.480. The number of benzene rings is 2. The Balaban J connectivity index is 1.46. The van der Waals surface area contributed by atoms with E-state index < -0.39 is 15.9 Å². The predicted molar refractivity (Wildman–Crippen MR) is 132 cm³/mol. The standard InChI is InChI=1S/C24H25N3O5S2/c1-32-19-9-4-8-18(15-19)25-24(29)20-10-2-3-11-21(20)26-23(28)17-7-5-13-27(16-17)34(30,31)22-12-6-14-33-22/h2-4,6,8-12,14-15,17H,5,7,13,16H2,1H3,(H,25,29)(H,26,28). The summed E-state index contributed by atoms with van der Waals surface area (Å²) in [6, 6.07) is 17.0. The van der Waals surface area contributed by atoms with Crippen molar-refractivity contribution in [1.29, 1.82) is 0 Å². The smallest absolute Gasteiger partial charge is 0.257 e. The Morgan fingerprint density at radius 2 is 1.88 bits per heavy atom. The molecule has 10 heteroatoms. The number of para-hydroxylation sites is 1. The van der Waals surface area contributed by atoms with E-state index in [2.05, 4.69) is 10.6 Å². The van der Waals surface area contributed by atoms with Crippen LogP contribution in [0.3, 0.4) is 0 Å². The molecule has 1 atom stereocenters. The number of thiophene rings is 1. The number of piperidine rings is 1. The fourth-order valence-electron chi connectivity index (χ4n) is 3.84. The van der Waals surface area contributed by atoms with Gasteiger partial charge in [-0.05, 0) is 48.6 Å². The Morgan fingerprint density at radius 3 is 2.65 bits per heavy atom. The van der Waals surface area contributed by atoms with Gasteiger partial charge in [0.1, 0.15) is 9.96 Å². The Bertz CT molecular complexity index is 1280. The number of ether oxygens (including phenoxy) is 1. The van der Waals surface area contributed by atoms with E-state index in [4.69, 9.17) is 4.74 Å². The van der Waals surface area contributed by atoms with Crippen LogP contribution in [0.2, 0.25) is 0 Å². The van der Waals surface area contributed by atoms with Crippen molar-refractivity contribution in [2.24, 2.45) is 5.92 Å². The molecule has 3 aromatic rings. The van der Waals surface area contributed by atoms with Gasteiger partial charge in [0.2, 0.25) is 5.91 Å². The number of nitrogens with zero attached hydrogens (tertiary/aromatic N) is 1. The first-order valence-corrected chi connectivity index (χ1v) is 13.1. The lowest BCUT2D eigenvalue weighted by molar-refractivity contribution is -0.120. The molecule has 34 heavy (non-hydrogen) atoms. The predicted octanol–water partition coefficient (Wildman–Crippen LogP) is 4.05. The van der Waals surface area contributed by atoms with Gasteiger partial charge < -0.3 is 15.4 Å². The van der Waals surface area contributed by atoms with Crippen molar-refractivity contribution in [3.8, 4) is 5.75 Å². The summed E-state index contributed by atoms with van der Waals surface area (Å²) in [4.78, 5) is 26.0. The summed E-state index contributed by atoms with van der Waals surface area (Å²) in [6.07, 6.45) is 1.15. The topological polar surface area (TPSA) is 105 Å². The molecule has 1 fully saturated rings. The fraction of sp³-hybridized carbons (Fsp3) is 0.250. The number of amides is 2. The Hall–Kier alpha value is -3.21. The van der Waals surface area contributed by atoms with E-state index in [-0.39, 0.29) is 22.6 Å². The molecule has 2 heterocycles. The normalized spacial score (nSPS) is 16.6. The van der Waals surface area contributed by atoms with Gasteiger partial charge in [-0.1, -0.05) is 24.3 Å². The summed E-state index contributed by atoms with van der Waals surface area (Å²) >= 11 is 1.16. The summed E-state index contributed by atoms with van der Waals surface area (Å²) in [5.74, 6) is -0.598. The van der Waals surface area contributed by atoms with E-state index in [1.54, 1.807) is 73.2 Å². The number of carbonyl (C=O) groups excluding carboxylic acids is 2. The first-order valence-electron chi connectivity index (χ1n) is 10.8. The van der Waals surface area contributed by atoms with E-state index in [0.717, 1.165) is 11.3 Å². The van der Waals surface area contributed by atoms with E-state index in [9.17, 15) is 18.0 Å². The lowest BCUT2D eigenvalue weighted by atomic mass is 9.98. The molecule has 1 saturated heterocycles. The van der Waals surface area contributed by atoms with Gasteiger partial charge >= 0.3 is 0 Å². The zero-order valence-electron chi connectivity index (χ0n) is 18.6. The number of hydrogen-bond donors (Lipinski definition) is 2. The second kappa shape index (κ2) is 10.4. The number of sulfonamides is 1. The van der Waals surface area contributed by atoms with Crippen LogP contribution in [0.1, 0.15) is 23.2 Å². The fourth-order valence-corrected chi connectivity index (χ4v) is 6.50. The minimum Gasteiger partial charge on any atom is -0.497 e. The van der Waals surface area contributed by atoms with Crippen molar-refractivity contribution in [1.82, 2.24) is 4.31 Å². The average molecular weight is 500 g/mol. The highest BCUT2D eigenvalue weighted by Gasteiger charge is 2.34. The number of anilines is 2. The van der Waals surface area contributed by atoms with E-state index in [1.807, 2.05) is 0 Å². The molecule has 1 unspecified atom stereocenters. The Morgan fingerprint density at radius 1 is 1.06 bits per heavy atom. The third kappa shape index (κ3) is 5.30. The van der Waals surface area contributed by atoms with Crippen LogP contribution in [-0.2, 0) is 14.8 Å². The Labute approximate surface area is 202 Å². The van der Waals surface area contributed by atoms with Gasteiger partial charge in [0.25, 0.3) is 15.9 Å². The first-order chi connectivity index (χ1) is 16.4. The van der Waals surface area contributed by atoms with Gasteiger partial charge in [-0.15, -0.1) is 11.3 Å². The van der Waals surface area contributed by atoms with E-state index >= 15 is 0 Å². The monoisotopic (exact) mass is 499 g/mol. The second-order valence-electron chi connectivity index (χ2n) is 7.86. The molecule has 4 rings (SSSR count). The van der Waals surface area contributed by atoms with Crippen molar-refractivity contribution in [3.05, 3.63) is 71.6 Å². The molecule has 0 saturated carbocycles. The van der Waals surface area contributed by atoms with Gasteiger partial charge in [-0.25, -0.2) is 8.42 Å². The highest BCUT2D eigenvalue weighted by Crippen LogP contribution is 2.28. The van der Waals surface area contributed by atoms with E-state index in [0.29, 0.717) is 42.1 Å². The summed E-state index contributed by atoms with van der Waals surface area (Å²) < 4.78 is 32.6. The molecule has 1 aliphatic rings. The van der Waals surface area contributed by atoms with Crippen LogP contribution >= 0.6 is 11.3 Å². The molecule has 1 aromatic heterocycles. The van der Waals surface area contributed by atoms with Gasteiger partial charge in [-0.2, -0.15) is 4.31 Å². The van der Waals surface area contributed by atoms with Crippen LogP contribution < -0.4 is 15.4 Å². The molecule has 2 N–H and O–H groups in total. The Kier molecular flexibility index (Phi) is 7.30. The molecule has 1 aliphatic heterocycles. The van der Waals surface area contributed by atoms with Gasteiger partial charge in [-0.3, -0.25) is 9.59 Å². The molecular weight excluding hydrogens is 474 g/mol. The summed E-state index contributed by atoms with van der Waals surface area (Å²) in [5, 5.41) is 7.36. The summed E-state index contributed by atoms with van der Waals surface area (Å²) in [5.41, 5.74) is 1.23. The van der Waals surface area contributed by atoms with Crippen LogP contribution in [0.25, 0.3) is 0 Å². The number of nitrogens with one attached hydrogen (secondary N) is 2. The van der Waals surface area contributed by atoms with Crippen molar-refractivity contribution >= 4 is 44.5 Å². The van der Waals surface area contributed by atoms with Crippen LogP contribution in [0.5, 0.6) is 5.75 Å². The maximum absolute atomic E-state index is 13.1. The molecule has 2 aromatic carbocycles. The molecule has 0 bridgehead atoms.